The van der Waals surface area contributed by atoms with Crippen molar-refractivity contribution in [2.75, 3.05) is 0 Å². The highest BCUT2D eigenvalue weighted by atomic mass is 16.4. The summed E-state index contributed by atoms with van der Waals surface area (Å²) < 4.78 is 5.53. The maximum Gasteiger partial charge on any atom is 0.191 e. The number of fused-ring (bicyclic) bond motifs is 1. The Morgan fingerprint density at radius 1 is 1.22 bits per heavy atom. The molecule has 0 atom stereocenters. The van der Waals surface area contributed by atoms with Gasteiger partial charge in [0.15, 0.2) is 5.89 Å². The summed E-state index contributed by atoms with van der Waals surface area (Å²) in [6.07, 6.45) is 4.98. The number of hydrogen-bond acceptors (Lipinski definition) is 3. The normalized spacial score (nSPS) is 14.6. The molecule has 0 saturated carbocycles. The molecule has 3 nitrogen and oxygen atoms in total. The molecule has 0 saturated heterocycles. The lowest BCUT2D eigenvalue weighted by Gasteiger charge is -2.16. The summed E-state index contributed by atoms with van der Waals surface area (Å²) in [5.41, 5.74) is 10.7. The topological polar surface area (TPSA) is 52.0 Å². The van der Waals surface area contributed by atoms with Gasteiger partial charge in [-0.15, -0.1) is 0 Å². The quantitative estimate of drug-likeness (QED) is 0.880. The van der Waals surface area contributed by atoms with Gasteiger partial charge in [-0.05, 0) is 42.9 Å². The third-order valence-corrected chi connectivity index (χ3v) is 3.61. The molecule has 3 heteroatoms. The lowest BCUT2D eigenvalue weighted by atomic mass is 9.90. The monoisotopic (exact) mass is 242 g/mol. The Bertz CT molecular complexity index is 572. The Balaban J connectivity index is 2.06. The molecule has 2 N–H and O–H groups in total. The van der Waals surface area contributed by atoms with E-state index in [9.17, 15) is 0 Å². The molecule has 18 heavy (non-hydrogen) atoms. The first-order chi connectivity index (χ1) is 8.78. The summed E-state index contributed by atoms with van der Waals surface area (Å²) in [5, 5.41) is 0. The standard InChI is InChI=1S/C15H18N2O/c1-10-17-15(14(9-16)18-10)13-7-6-11-4-2-3-5-12(11)8-13/h6-8H,2-5,9,16H2,1H3. The van der Waals surface area contributed by atoms with Crippen LogP contribution in [0.2, 0.25) is 0 Å². The first-order valence-electron chi connectivity index (χ1n) is 6.56. The van der Waals surface area contributed by atoms with E-state index in [-0.39, 0.29) is 0 Å². The predicted octanol–water partition coefficient (Wildman–Crippen LogP) is 2.99. The van der Waals surface area contributed by atoms with E-state index >= 15 is 0 Å². The van der Waals surface area contributed by atoms with E-state index in [2.05, 4.69) is 23.2 Å². The summed E-state index contributed by atoms with van der Waals surface area (Å²) in [5.74, 6) is 1.46. The van der Waals surface area contributed by atoms with Crippen molar-refractivity contribution in [3.8, 4) is 11.3 Å². The Labute approximate surface area is 107 Å². The van der Waals surface area contributed by atoms with Crippen LogP contribution in [0.3, 0.4) is 0 Å². The minimum atomic E-state index is 0.396. The fourth-order valence-electron chi connectivity index (χ4n) is 2.71. The third kappa shape index (κ3) is 1.95. The van der Waals surface area contributed by atoms with Crippen molar-refractivity contribution in [3.63, 3.8) is 0 Å². The highest BCUT2D eigenvalue weighted by Gasteiger charge is 2.15. The summed E-state index contributed by atoms with van der Waals surface area (Å²) >= 11 is 0. The molecule has 94 valence electrons. The highest BCUT2D eigenvalue weighted by molar-refractivity contribution is 5.63. The second-order valence-corrected chi connectivity index (χ2v) is 4.90. The highest BCUT2D eigenvalue weighted by Crippen LogP contribution is 2.29. The molecule has 0 spiro atoms. The minimum Gasteiger partial charge on any atom is -0.444 e. The zero-order valence-electron chi connectivity index (χ0n) is 10.7. The van der Waals surface area contributed by atoms with Crippen LogP contribution in [0.5, 0.6) is 0 Å². The van der Waals surface area contributed by atoms with Gasteiger partial charge in [-0.3, -0.25) is 0 Å². The predicted molar refractivity (Wildman–Crippen MR) is 71.2 cm³/mol. The van der Waals surface area contributed by atoms with Gasteiger partial charge in [-0.25, -0.2) is 4.98 Å². The summed E-state index contributed by atoms with van der Waals surface area (Å²) in [4.78, 5) is 4.45. The van der Waals surface area contributed by atoms with Crippen molar-refractivity contribution in [2.45, 2.75) is 39.2 Å². The van der Waals surface area contributed by atoms with Crippen LogP contribution in [0.15, 0.2) is 22.6 Å². The molecular formula is C15H18N2O. The summed E-state index contributed by atoms with van der Waals surface area (Å²) in [6.45, 7) is 2.26. The minimum absolute atomic E-state index is 0.396. The van der Waals surface area contributed by atoms with Crippen molar-refractivity contribution < 1.29 is 4.42 Å². The lowest BCUT2D eigenvalue weighted by Crippen LogP contribution is -2.03. The van der Waals surface area contributed by atoms with Crippen LogP contribution in [0.4, 0.5) is 0 Å². The molecule has 0 fully saturated rings. The van der Waals surface area contributed by atoms with E-state index in [1.807, 2.05) is 6.92 Å². The molecule has 1 aliphatic rings. The fraction of sp³-hybridized carbons (Fsp3) is 0.400. The maximum atomic E-state index is 5.71. The number of nitrogens with two attached hydrogens (primary N) is 1. The van der Waals surface area contributed by atoms with E-state index in [0.717, 1.165) is 17.0 Å². The molecule has 1 heterocycles. The number of oxazole rings is 1. The molecule has 1 aromatic carbocycles. The van der Waals surface area contributed by atoms with Gasteiger partial charge in [0.1, 0.15) is 11.5 Å². The van der Waals surface area contributed by atoms with Gasteiger partial charge >= 0.3 is 0 Å². The summed E-state index contributed by atoms with van der Waals surface area (Å²) in [7, 11) is 0. The smallest absolute Gasteiger partial charge is 0.191 e. The Morgan fingerprint density at radius 3 is 2.78 bits per heavy atom. The van der Waals surface area contributed by atoms with E-state index in [0.29, 0.717) is 12.4 Å². The van der Waals surface area contributed by atoms with Crippen LogP contribution in [0, 0.1) is 6.92 Å². The number of benzene rings is 1. The van der Waals surface area contributed by atoms with Gasteiger partial charge in [0.2, 0.25) is 0 Å². The van der Waals surface area contributed by atoms with Crippen LogP contribution in [0.25, 0.3) is 11.3 Å². The number of nitrogens with zero attached hydrogens (tertiary/aromatic N) is 1. The fourth-order valence-corrected chi connectivity index (χ4v) is 2.71. The average Bonchev–Trinajstić information content (AvgIpc) is 2.79. The van der Waals surface area contributed by atoms with Gasteiger partial charge < -0.3 is 10.2 Å². The van der Waals surface area contributed by atoms with Crippen molar-refractivity contribution in [3.05, 3.63) is 41.0 Å². The third-order valence-electron chi connectivity index (χ3n) is 3.61. The maximum absolute atomic E-state index is 5.71. The molecule has 0 amide bonds. The van der Waals surface area contributed by atoms with Crippen molar-refractivity contribution in [1.82, 2.24) is 4.98 Å². The Kier molecular flexibility index (Phi) is 2.92. The van der Waals surface area contributed by atoms with E-state index < -0.39 is 0 Å². The molecule has 0 aliphatic heterocycles. The van der Waals surface area contributed by atoms with E-state index in [4.69, 9.17) is 10.2 Å². The molecular weight excluding hydrogens is 224 g/mol. The van der Waals surface area contributed by atoms with Crippen molar-refractivity contribution in [2.24, 2.45) is 5.73 Å². The van der Waals surface area contributed by atoms with E-state index in [1.54, 1.807) is 0 Å². The summed E-state index contributed by atoms with van der Waals surface area (Å²) in [6, 6.07) is 6.62. The number of rotatable bonds is 2. The molecule has 1 aliphatic carbocycles. The molecule has 0 bridgehead atoms. The van der Waals surface area contributed by atoms with Crippen LogP contribution in [-0.2, 0) is 19.4 Å². The zero-order chi connectivity index (χ0) is 12.5. The van der Waals surface area contributed by atoms with E-state index in [1.165, 1.54) is 36.8 Å². The van der Waals surface area contributed by atoms with Crippen molar-refractivity contribution in [1.29, 1.82) is 0 Å². The Hall–Kier alpha value is -1.61. The van der Waals surface area contributed by atoms with Crippen LogP contribution < -0.4 is 5.73 Å². The molecule has 3 rings (SSSR count). The van der Waals surface area contributed by atoms with Crippen molar-refractivity contribution >= 4 is 0 Å². The number of aryl methyl sites for hydroxylation is 3. The number of aromatic nitrogens is 1. The average molecular weight is 242 g/mol. The van der Waals surface area contributed by atoms with Gasteiger partial charge in [0.05, 0.1) is 6.54 Å². The lowest BCUT2D eigenvalue weighted by molar-refractivity contribution is 0.477. The van der Waals surface area contributed by atoms with Crippen LogP contribution in [0.1, 0.15) is 35.6 Å². The second kappa shape index (κ2) is 4.58. The van der Waals surface area contributed by atoms with Gasteiger partial charge in [-0.2, -0.15) is 0 Å². The first kappa shape index (κ1) is 11.5. The Morgan fingerprint density at radius 2 is 2.00 bits per heavy atom. The first-order valence-corrected chi connectivity index (χ1v) is 6.56. The molecule has 1 aromatic heterocycles. The van der Waals surface area contributed by atoms with Gasteiger partial charge in [-0.1, -0.05) is 12.1 Å². The molecule has 2 aromatic rings. The van der Waals surface area contributed by atoms with Gasteiger partial charge in [0.25, 0.3) is 0 Å². The largest absolute Gasteiger partial charge is 0.444 e. The second-order valence-electron chi connectivity index (χ2n) is 4.90. The van der Waals surface area contributed by atoms with Crippen LogP contribution >= 0.6 is 0 Å². The SMILES string of the molecule is Cc1nc(-c2ccc3c(c2)CCCC3)c(CN)o1. The van der Waals surface area contributed by atoms with Gasteiger partial charge in [0, 0.05) is 12.5 Å². The molecule has 0 unspecified atom stereocenters. The molecule has 0 radical (unpaired) electrons. The number of hydrogen-bond donors (Lipinski definition) is 1. The van der Waals surface area contributed by atoms with Crippen LogP contribution in [-0.4, -0.2) is 4.98 Å². The zero-order valence-corrected chi connectivity index (χ0v) is 10.7.